The monoisotopic (exact) mass is 370 g/mol. The second-order valence-corrected chi connectivity index (χ2v) is 7.09. The van der Waals surface area contributed by atoms with Gasteiger partial charge in [-0.15, -0.1) is 0 Å². The van der Waals surface area contributed by atoms with E-state index in [1.807, 2.05) is 0 Å². The normalized spacial score (nSPS) is 23.6. The molecular formula is C20H18O7. The van der Waals surface area contributed by atoms with Gasteiger partial charge in [0.05, 0.1) is 22.3 Å². The van der Waals surface area contributed by atoms with Crippen molar-refractivity contribution >= 4 is 11.6 Å². The van der Waals surface area contributed by atoms with E-state index < -0.39 is 40.5 Å². The Bertz CT molecular complexity index is 1020. The van der Waals surface area contributed by atoms with Crippen molar-refractivity contribution in [3.8, 4) is 17.2 Å². The zero-order valence-electron chi connectivity index (χ0n) is 14.5. The first-order valence-corrected chi connectivity index (χ1v) is 8.64. The van der Waals surface area contributed by atoms with Gasteiger partial charge in [0.25, 0.3) is 0 Å². The maximum atomic E-state index is 12.9. The number of rotatable bonds is 1. The number of aliphatic hydroxyl groups excluding tert-OH is 1. The summed E-state index contributed by atoms with van der Waals surface area (Å²) in [4.78, 5) is 25.8. The maximum absolute atomic E-state index is 12.9. The zero-order chi connectivity index (χ0) is 19.7. The molecule has 27 heavy (non-hydrogen) atoms. The van der Waals surface area contributed by atoms with Crippen LogP contribution in [0.2, 0.25) is 0 Å². The average molecular weight is 370 g/mol. The van der Waals surface area contributed by atoms with Crippen molar-refractivity contribution in [3.63, 3.8) is 0 Å². The Kier molecular flexibility index (Phi) is 3.60. The van der Waals surface area contributed by atoms with Crippen LogP contribution in [0.15, 0.2) is 18.2 Å². The van der Waals surface area contributed by atoms with Crippen LogP contribution < -0.4 is 0 Å². The summed E-state index contributed by atoms with van der Waals surface area (Å²) >= 11 is 0. The summed E-state index contributed by atoms with van der Waals surface area (Å²) in [5.74, 6) is -2.89. The summed E-state index contributed by atoms with van der Waals surface area (Å²) in [5.41, 5.74) is -2.06. The van der Waals surface area contributed by atoms with E-state index in [-0.39, 0.29) is 47.1 Å². The number of benzene rings is 2. The van der Waals surface area contributed by atoms with E-state index in [1.54, 1.807) is 6.92 Å². The van der Waals surface area contributed by atoms with Crippen LogP contribution >= 0.6 is 0 Å². The van der Waals surface area contributed by atoms with Crippen molar-refractivity contribution in [3.05, 3.63) is 51.6 Å². The molecule has 7 nitrogen and oxygen atoms in total. The quantitative estimate of drug-likeness (QED) is 0.411. The lowest BCUT2D eigenvalue weighted by molar-refractivity contribution is -0.0913. The van der Waals surface area contributed by atoms with Crippen molar-refractivity contribution in [1.82, 2.24) is 0 Å². The molecule has 2 aromatic carbocycles. The highest BCUT2D eigenvalue weighted by Gasteiger charge is 2.44. The van der Waals surface area contributed by atoms with E-state index >= 15 is 0 Å². The number of hydrogen-bond donors (Lipinski definition) is 5. The Morgan fingerprint density at radius 3 is 2.22 bits per heavy atom. The van der Waals surface area contributed by atoms with Crippen molar-refractivity contribution < 1.29 is 35.1 Å². The molecule has 2 aliphatic rings. The molecule has 140 valence electrons. The standard InChI is InChI=1S/C20H18O7/c1-2-20(27)6-5-8-9(19(20)26)7-10-13(16(8)23)18(25)15-12(22)4-3-11(21)14(15)17(10)24/h3-4,7,19,21-23,26-27H,2,5-6H2,1H3. The number of aromatic hydroxyl groups is 3. The number of fused-ring (bicyclic) bond motifs is 3. The molecule has 2 atom stereocenters. The number of aliphatic hydroxyl groups is 2. The summed E-state index contributed by atoms with van der Waals surface area (Å²) in [6.07, 6.45) is -0.648. The molecule has 7 heteroatoms. The first-order chi connectivity index (χ1) is 12.7. The predicted octanol–water partition coefficient (Wildman–Crippen LogP) is 1.70. The Balaban J connectivity index is 2.01. The van der Waals surface area contributed by atoms with Crippen molar-refractivity contribution in [2.45, 2.75) is 37.9 Å². The summed E-state index contributed by atoms with van der Waals surface area (Å²) in [7, 11) is 0. The number of carbonyl (C=O) groups is 2. The molecule has 5 N–H and O–H groups in total. The summed E-state index contributed by atoms with van der Waals surface area (Å²) in [6, 6.07) is 3.50. The van der Waals surface area contributed by atoms with Gasteiger partial charge in [-0.3, -0.25) is 9.59 Å². The molecule has 4 rings (SSSR count). The maximum Gasteiger partial charge on any atom is 0.202 e. The number of phenols is 3. The number of carbonyl (C=O) groups excluding carboxylic acids is 2. The van der Waals surface area contributed by atoms with Crippen LogP contribution in [0, 0.1) is 0 Å². The van der Waals surface area contributed by atoms with Gasteiger partial charge >= 0.3 is 0 Å². The van der Waals surface area contributed by atoms with E-state index in [0.717, 1.165) is 12.1 Å². The molecule has 2 aliphatic carbocycles. The number of ketones is 2. The molecule has 0 saturated carbocycles. The molecule has 0 fully saturated rings. The molecule has 0 aromatic heterocycles. The smallest absolute Gasteiger partial charge is 0.202 e. The minimum Gasteiger partial charge on any atom is -0.507 e. The van der Waals surface area contributed by atoms with Crippen LogP contribution in [0.1, 0.15) is 68.8 Å². The summed E-state index contributed by atoms with van der Waals surface area (Å²) in [5, 5.41) is 52.0. The second kappa shape index (κ2) is 5.55. The van der Waals surface area contributed by atoms with E-state index in [2.05, 4.69) is 0 Å². The van der Waals surface area contributed by atoms with Gasteiger partial charge in [0.2, 0.25) is 5.78 Å². The van der Waals surface area contributed by atoms with Crippen LogP contribution in [-0.4, -0.2) is 42.7 Å². The Labute approximate surface area is 154 Å². The fraction of sp³-hybridized carbons (Fsp3) is 0.300. The molecule has 0 saturated heterocycles. The molecule has 0 bridgehead atoms. The third kappa shape index (κ3) is 2.15. The van der Waals surface area contributed by atoms with E-state index in [0.29, 0.717) is 5.56 Å². The minimum absolute atomic E-state index is 0.177. The predicted molar refractivity (Wildman–Crippen MR) is 93.3 cm³/mol. The molecule has 0 heterocycles. The molecule has 0 radical (unpaired) electrons. The third-order valence-electron chi connectivity index (χ3n) is 5.75. The molecule has 2 unspecified atom stereocenters. The van der Waals surface area contributed by atoms with Gasteiger partial charge in [-0.05, 0) is 43.0 Å². The van der Waals surface area contributed by atoms with Crippen LogP contribution in [-0.2, 0) is 6.42 Å². The number of hydrogen-bond acceptors (Lipinski definition) is 7. The van der Waals surface area contributed by atoms with E-state index in [4.69, 9.17) is 0 Å². The van der Waals surface area contributed by atoms with Gasteiger partial charge in [0.1, 0.15) is 23.4 Å². The van der Waals surface area contributed by atoms with Gasteiger partial charge in [0.15, 0.2) is 5.78 Å². The Morgan fingerprint density at radius 2 is 1.63 bits per heavy atom. The van der Waals surface area contributed by atoms with Crippen LogP contribution in [0.4, 0.5) is 0 Å². The molecule has 2 aromatic rings. The fourth-order valence-corrected chi connectivity index (χ4v) is 4.08. The molecular weight excluding hydrogens is 352 g/mol. The fourth-order valence-electron chi connectivity index (χ4n) is 4.08. The van der Waals surface area contributed by atoms with Gasteiger partial charge in [-0.2, -0.15) is 0 Å². The van der Waals surface area contributed by atoms with Crippen molar-refractivity contribution in [2.75, 3.05) is 0 Å². The van der Waals surface area contributed by atoms with Gasteiger partial charge in [-0.25, -0.2) is 0 Å². The highest BCUT2D eigenvalue weighted by Crippen LogP contribution is 2.48. The third-order valence-corrected chi connectivity index (χ3v) is 5.75. The highest BCUT2D eigenvalue weighted by molar-refractivity contribution is 6.31. The SMILES string of the molecule is CCC1(O)CCc2c(cc3c(c2O)C(=O)c2c(O)ccc(O)c2C3=O)C1O. The first-order valence-electron chi connectivity index (χ1n) is 8.64. The van der Waals surface area contributed by atoms with Crippen molar-refractivity contribution in [2.24, 2.45) is 0 Å². The van der Waals surface area contributed by atoms with Crippen molar-refractivity contribution in [1.29, 1.82) is 0 Å². The van der Waals surface area contributed by atoms with Gasteiger partial charge < -0.3 is 25.5 Å². The largest absolute Gasteiger partial charge is 0.507 e. The lowest BCUT2D eigenvalue weighted by atomic mass is 9.72. The summed E-state index contributed by atoms with van der Waals surface area (Å²) in [6.45, 7) is 1.72. The zero-order valence-corrected chi connectivity index (χ0v) is 14.5. The average Bonchev–Trinajstić information content (AvgIpc) is 2.64. The van der Waals surface area contributed by atoms with Gasteiger partial charge in [-0.1, -0.05) is 6.92 Å². The lowest BCUT2D eigenvalue weighted by Crippen LogP contribution is -2.40. The minimum atomic E-state index is -1.40. The molecule has 0 spiro atoms. The number of phenolic OH excluding ortho intramolecular Hbond substituents is 3. The lowest BCUT2D eigenvalue weighted by Gasteiger charge is -2.38. The van der Waals surface area contributed by atoms with E-state index in [1.165, 1.54) is 6.07 Å². The van der Waals surface area contributed by atoms with E-state index in [9.17, 15) is 35.1 Å². The highest BCUT2D eigenvalue weighted by atomic mass is 16.3. The Hall–Kier alpha value is -2.90. The molecule has 0 aliphatic heterocycles. The van der Waals surface area contributed by atoms with Crippen LogP contribution in [0.5, 0.6) is 17.2 Å². The first kappa shape index (κ1) is 17.5. The second-order valence-electron chi connectivity index (χ2n) is 7.09. The topological polar surface area (TPSA) is 135 Å². The Morgan fingerprint density at radius 1 is 1.04 bits per heavy atom. The van der Waals surface area contributed by atoms with Gasteiger partial charge in [0, 0.05) is 11.1 Å². The molecule has 0 amide bonds. The van der Waals surface area contributed by atoms with Crippen LogP contribution in [0.25, 0.3) is 0 Å². The van der Waals surface area contributed by atoms with Crippen LogP contribution in [0.3, 0.4) is 0 Å². The summed E-state index contributed by atoms with van der Waals surface area (Å²) < 4.78 is 0.